The smallest absolute Gasteiger partial charge is 0.255 e. The Balaban J connectivity index is 1.78. The summed E-state index contributed by atoms with van der Waals surface area (Å²) < 4.78 is 11.6. The summed E-state index contributed by atoms with van der Waals surface area (Å²) in [7, 11) is -1.34. The molecule has 0 aromatic heterocycles. The number of amides is 1. The summed E-state index contributed by atoms with van der Waals surface area (Å²) in [5.74, 6) is 0.766. The van der Waals surface area contributed by atoms with Gasteiger partial charge in [-0.05, 0) is 49.5 Å². The molecule has 6 heteroatoms. The second-order valence-electron chi connectivity index (χ2n) is 8.87. The van der Waals surface area contributed by atoms with Crippen LogP contribution in [0.25, 0.3) is 0 Å². The molecule has 158 valence electrons. The number of carbonyl (C=O) groups is 1. The number of ether oxygens (including phenoxy) is 2. The molecule has 0 bridgehead atoms. The third-order valence-corrected chi connectivity index (χ3v) is 9.12. The van der Waals surface area contributed by atoms with Crippen LogP contribution in [0.5, 0.6) is 5.75 Å². The Morgan fingerprint density at radius 2 is 1.93 bits per heavy atom. The predicted molar refractivity (Wildman–Crippen MR) is 121 cm³/mol. The zero-order valence-corrected chi connectivity index (χ0v) is 19.9. The lowest BCUT2D eigenvalue weighted by molar-refractivity contribution is -0.127. The first-order chi connectivity index (χ1) is 13.7. The standard InChI is InChI=1S/C23H32ClNO3Si/c1-6-15-25-22(26)20-9-7-8-10-21(20)23(25,24)18-11-13-19(14-12-18)28-16-27-17(2)29(3,4)5/h7,9,11-14,17H,6,8,10,15-16H2,1-5H3. The number of rotatable bonds is 8. The Bertz CT molecular complexity index is 812. The minimum absolute atomic E-state index is 0.0295. The highest BCUT2D eigenvalue weighted by molar-refractivity contribution is 6.77. The van der Waals surface area contributed by atoms with Gasteiger partial charge in [0.05, 0.1) is 8.07 Å². The van der Waals surface area contributed by atoms with Crippen molar-refractivity contribution in [1.29, 1.82) is 0 Å². The number of allylic oxidation sites excluding steroid dienone is 1. The van der Waals surface area contributed by atoms with Crippen molar-refractivity contribution in [2.75, 3.05) is 13.3 Å². The van der Waals surface area contributed by atoms with Gasteiger partial charge in [-0.2, -0.15) is 0 Å². The van der Waals surface area contributed by atoms with E-state index in [1.165, 1.54) is 0 Å². The molecule has 0 fully saturated rings. The molecule has 0 saturated heterocycles. The molecule has 0 spiro atoms. The van der Waals surface area contributed by atoms with Crippen molar-refractivity contribution in [3.63, 3.8) is 0 Å². The second-order valence-corrected chi connectivity index (χ2v) is 15.0. The SMILES string of the molecule is CCCN1C(=O)C2=C(CCC=C2)C1(Cl)c1ccc(OCOC(C)[Si](C)(C)C)cc1. The number of hydrogen-bond acceptors (Lipinski definition) is 3. The molecule has 1 heterocycles. The minimum atomic E-state index is -1.34. The Morgan fingerprint density at radius 1 is 1.24 bits per heavy atom. The normalized spacial score (nSPS) is 22.8. The molecule has 2 atom stereocenters. The molecule has 2 aliphatic rings. The number of nitrogens with zero attached hydrogens (tertiary/aromatic N) is 1. The maximum atomic E-state index is 13.0. The summed E-state index contributed by atoms with van der Waals surface area (Å²) in [5.41, 5.74) is 2.91. The van der Waals surface area contributed by atoms with E-state index in [-0.39, 0.29) is 18.4 Å². The molecule has 1 aliphatic heterocycles. The molecule has 2 unspecified atom stereocenters. The topological polar surface area (TPSA) is 38.8 Å². The van der Waals surface area contributed by atoms with Crippen molar-refractivity contribution in [1.82, 2.24) is 4.90 Å². The van der Waals surface area contributed by atoms with Crippen molar-refractivity contribution in [3.05, 3.63) is 53.1 Å². The summed E-state index contributed by atoms with van der Waals surface area (Å²) in [4.78, 5) is 13.9. The van der Waals surface area contributed by atoms with E-state index in [4.69, 9.17) is 21.1 Å². The van der Waals surface area contributed by atoms with Crippen LogP contribution in [0.3, 0.4) is 0 Å². The van der Waals surface area contributed by atoms with E-state index in [0.717, 1.165) is 41.7 Å². The van der Waals surface area contributed by atoms with E-state index in [1.54, 1.807) is 0 Å². The quantitative estimate of drug-likeness (QED) is 0.232. The molecule has 1 aliphatic carbocycles. The molecular weight excluding hydrogens is 402 g/mol. The van der Waals surface area contributed by atoms with Crippen LogP contribution in [0.15, 0.2) is 47.6 Å². The fourth-order valence-corrected chi connectivity index (χ4v) is 4.74. The van der Waals surface area contributed by atoms with Gasteiger partial charge in [-0.25, -0.2) is 0 Å². The Hall–Kier alpha value is -1.56. The van der Waals surface area contributed by atoms with Gasteiger partial charge in [-0.1, -0.05) is 62.5 Å². The zero-order valence-electron chi connectivity index (χ0n) is 18.1. The van der Waals surface area contributed by atoms with Crippen molar-refractivity contribution >= 4 is 25.6 Å². The second kappa shape index (κ2) is 8.66. The van der Waals surface area contributed by atoms with Crippen LogP contribution in [0.2, 0.25) is 19.6 Å². The van der Waals surface area contributed by atoms with Crippen molar-refractivity contribution < 1.29 is 14.3 Å². The molecule has 0 radical (unpaired) electrons. The van der Waals surface area contributed by atoms with E-state index < -0.39 is 13.1 Å². The summed E-state index contributed by atoms with van der Waals surface area (Å²) in [5, 5.41) is 0. The minimum Gasteiger partial charge on any atom is -0.468 e. The van der Waals surface area contributed by atoms with Crippen LogP contribution in [0.4, 0.5) is 0 Å². The summed E-state index contributed by atoms with van der Waals surface area (Å²) in [6.45, 7) is 11.9. The van der Waals surface area contributed by atoms with Crippen LogP contribution < -0.4 is 4.74 Å². The lowest BCUT2D eigenvalue weighted by Gasteiger charge is -2.36. The summed E-state index contributed by atoms with van der Waals surface area (Å²) in [6, 6.07) is 7.75. The Labute approximate surface area is 180 Å². The molecule has 29 heavy (non-hydrogen) atoms. The van der Waals surface area contributed by atoms with Crippen molar-refractivity contribution in [2.45, 2.75) is 63.5 Å². The van der Waals surface area contributed by atoms with Gasteiger partial charge in [-0.3, -0.25) is 4.79 Å². The van der Waals surface area contributed by atoms with E-state index in [9.17, 15) is 4.79 Å². The van der Waals surface area contributed by atoms with E-state index in [1.807, 2.05) is 35.2 Å². The summed E-state index contributed by atoms with van der Waals surface area (Å²) in [6.07, 6.45) is 6.57. The van der Waals surface area contributed by atoms with Gasteiger partial charge in [0.2, 0.25) is 0 Å². The number of benzene rings is 1. The first kappa shape index (κ1) is 22.1. The zero-order chi connectivity index (χ0) is 21.2. The molecule has 0 N–H and O–H groups in total. The van der Waals surface area contributed by atoms with Gasteiger partial charge >= 0.3 is 0 Å². The predicted octanol–water partition coefficient (Wildman–Crippen LogP) is 5.60. The van der Waals surface area contributed by atoms with E-state index in [2.05, 4.69) is 39.6 Å². The van der Waals surface area contributed by atoms with Gasteiger partial charge in [0.25, 0.3) is 5.91 Å². The highest BCUT2D eigenvalue weighted by Gasteiger charge is 2.50. The van der Waals surface area contributed by atoms with Crippen LogP contribution >= 0.6 is 11.6 Å². The maximum absolute atomic E-state index is 13.0. The summed E-state index contributed by atoms with van der Waals surface area (Å²) >= 11 is 7.21. The van der Waals surface area contributed by atoms with Crippen molar-refractivity contribution in [2.24, 2.45) is 0 Å². The molecule has 1 aromatic rings. The Morgan fingerprint density at radius 3 is 2.55 bits per heavy atom. The van der Waals surface area contributed by atoms with Crippen LogP contribution in [0.1, 0.15) is 38.7 Å². The van der Waals surface area contributed by atoms with Crippen LogP contribution in [-0.2, 0) is 14.5 Å². The molecule has 4 nitrogen and oxygen atoms in total. The third-order valence-electron chi connectivity index (χ3n) is 5.87. The lowest BCUT2D eigenvalue weighted by atomic mass is 9.90. The fourth-order valence-electron chi connectivity index (χ4n) is 3.69. The van der Waals surface area contributed by atoms with Gasteiger partial charge in [-0.15, -0.1) is 0 Å². The van der Waals surface area contributed by atoms with E-state index in [0.29, 0.717) is 6.54 Å². The van der Waals surface area contributed by atoms with Gasteiger partial charge in [0.1, 0.15) is 5.75 Å². The first-order valence-corrected chi connectivity index (χ1v) is 14.4. The van der Waals surface area contributed by atoms with Crippen molar-refractivity contribution in [3.8, 4) is 5.75 Å². The number of alkyl halides is 1. The van der Waals surface area contributed by atoms with Crippen LogP contribution in [0, 0.1) is 0 Å². The Kier molecular flexibility index (Phi) is 6.61. The van der Waals surface area contributed by atoms with Crippen LogP contribution in [-0.4, -0.2) is 37.9 Å². The lowest BCUT2D eigenvalue weighted by Crippen LogP contribution is -2.42. The first-order valence-electron chi connectivity index (χ1n) is 10.5. The monoisotopic (exact) mass is 433 g/mol. The highest BCUT2D eigenvalue weighted by atomic mass is 35.5. The molecule has 1 aromatic carbocycles. The number of halogens is 1. The number of carbonyl (C=O) groups excluding carboxylic acids is 1. The average Bonchev–Trinajstić information content (AvgIpc) is 2.91. The third kappa shape index (κ3) is 4.32. The maximum Gasteiger partial charge on any atom is 0.255 e. The molecule has 3 rings (SSSR count). The average molecular weight is 434 g/mol. The van der Waals surface area contributed by atoms with Gasteiger partial charge in [0.15, 0.2) is 11.8 Å². The van der Waals surface area contributed by atoms with Gasteiger partial charge < -0.3 is 14.4 Å². The van der Waals surface area contributed by atoms with Gasteiger partial charge in [0, 0.05) is 17.8 Å². The number of hydrogen-bond donors (Lipinski definition) is 0. The molecule has 0 saturated carbocycles. The fraction of sp³-hybridized carbons (Fsp3) is 0.522. The van der Waals surface area contributed by atoms with E-state index >= 15 is 0 Å². The molecular formula is C23H32ClNO3Si. The molecule has 1 amide bonds. The highest BCUT2D eigenvalue weighted by Crippen LogP contribution is 2.50. The largest absolute Gasteiger partial charge is 0.468 e.